The Bertz CT molecular complexity index is 465. The largest absolute Gasteiger partial charge is 0.409 e. The molecule has 5 heteroatoms. The van der Waals surface area contributed by atoms with Gasteiger partial charge in [-0.2, -0.15) is 0 Å². The lowest BCUT2D eigenvalue weighted by Gasteiger charge is -2.12. The Kier molecular flexibility index (Phi) is 3.82. The molecule has 1 amide bonds. The van der Waals surface area contributed by atoms with E-state index in [9.17, 15) is 4.79 Å². The lowest BCUT2D eigenvalue weighted by molar-refractivity contribution is 0.0938. The fourth-order valence-electron chi connectivity index (χ4n) is 2.22. The molecule has 0 aromatic heterocycles. The van der Waals surface area contributed by atoms with Gasteiger partial charge in [-0.25, -0.2) is 0 Å². The smallest absolute Gasteiger partial charge is 0.251 e. The molecule has 0 radical (unpaired) electrons. The van der Waals surface area contributed by atoms with Crippen LogP contribution in [-0.2, 0) is 0 Å². The lowest BCUT2D eigenvalue weighted by atomic mass is 10.1. The second kappa shape index (κ2) is 5.53. The van der Waals surface area contributed by atoms with E-state index in [0.29, 0.717) is 11.1 Å². The third-order valence-corrected chi connectivity index (χ3v) is 3.22. The second-order valence-corrected chi connectivity index (χ2v) is 4.52. The number of nitrogens with zero attached hydrogens (tertiary/aromatic N) is 1. The molecule has 0 unspecified atom stereocenters. The molecular weight excluding hydrogens is 230 g/mol. The molecule has 4 N–H and O–H groups in total. The number of hydrogen-bond donors (Lipinski definition) is 3. The number of amidine groups is 1. The minimum Gasteiger partial charge on any atom is -0.409 e. The summed E-state index contributed by atoms with van der Waals surface area (Å²) in [6, 6.07) is 7.04. The molecule has 5 nitrogen and oxygen atoms in total. The Labute approximate surface area is 106 Å². The Morgan fingerprint density at radius 3 is 2.67 bits per heavy atom. The normalized spacial score (nSPS) is 16.8. The minimum absolute atomic E-state index is 0.00511. The summed E-state index contributed by atoms with van der Waals surface area (Å²) in [6.07, 6.45) is 4.45. The van der Waals surface area contributed by atoms with Gasteiger partial charge in [-0.15, -0.1) is 0 Å². The van der Waals surface area contributed by atoms with Crippen LogP contribution < -0.4 is 11.1 Å². The van der Waals surface area contributed by atoms with Crippen molar-refractivity contribution >= 4 is 11.7 Å². The van der Waals surface area contributed by atoms with Crippen molar-refractivity contribution in [3.8, 4) is 0 Å². The van der Waals surface area contributed by atoms with Crippen molar-refractivity contribution in [3.63, 3.8) is 0 Å². The van der Waals surface area contributed by atoms with Gasteiger partial charge in [0.15, 0.2) is 5.84 Å². The van der Waals surface area contributed by atoms with Crippen LogP contribution in [0.1, 0.15) is 41.6 Å². The molecule has 1 aromatic rings. The summed E-state index contributed by atoms with van der Waals surface area (Å²) in [4.78, 5) is 12.0. The van der Waals surface area contributed by atoms with E-state index in [1.807, 2.05) is 0 Å². The van der Waals surface area contributed by atoms with E-state index in [1.54, 1.807) is 24.3 Å². The third kappa shape index (κ3) is 2.80. The van der Waals surface area contributed by atoms with E-state index in [0.717, 1.165) is 12.8 Å². The van der Waals surface area contributed by atoms with Gasteiger partial charge in [-0.1, -0.05) is 30.1 Å². The van der Waals surface area contributed by atoms with Gasteiger partial charge in [0.25, 0.3) is 5.91 Å². The first kappa shape index (κ1) is 12.4. The first-order valence-electron chi connectivity index (χ1n) is 6.09. The summed E-state index contributed by atoms with van der Waals surface area (Å²) in [5, 5.41) is 14.5. The molecule has 1 saturated carbocycles. The van der Waals surface area contributed by atoms with Crippen molar-refractivity contribution in [1.29, 1.82) is 0 Å². The summed E-state index contributed by atoms with van der Waals surface area (Å²) in [6.45, 7) is 0. The quantitative estimate of drug-likeness (QED) is 0.327. The van der Waals surface area contributed by atoms with Crippen molar-refractivity contribution in [2.24, 2.45) is 10.9 Å². The number of rotatable bonds is 3. The first-order chi connectivity index (χ1) is 8.70. The predicted molar refractivity (Wildman–Crippen MR) is 68.7 cm³/mol. The molecule has 1 aliphatic rings. The van der Waals surface area contributed by atoms with Crippen LogP contribution in [0.4, 0.5) is 0 Å². The maximum atomic E-state index is 12.0. The van der Waals surface area contributed by atoms with Crippen LogP contribution in [0.15, 0.2) is 29.4 Å². The zero-order chi connectivity index (χ0) is 13.0. The number of hydrogen-bond acceptors (Lipinski definition) is 3. The third-order valence-electron chi connectivity index (χ3n) is 3.22. The summed E-state index contributed by atoms with van der Waals surface area (Å²) >= 11 is 0. The van der Waals surface area contributed by atoms with Crippen LogP contribution in [0.2, 0.25) is 0 Å². The molecular formula is C13H17N3O2. The molecule has 0 spiro atoms. The standard InChI is InChI=1S/C13H17N3O2/c14-12(16-18)9-4-3-5-10(8-9)13(17)15-11-6-1-2-7-11/h3-5,8,11,18H,1-2,6-7H2,(H2,14,16)(H,15,17). The minimum atomic E-state index is -0.102. The van der Waals surface area contributed by atoms with Gasteiger partial charge in [0.2, 0.25) is 0 Å². The number of carbonyl (C=O) groups excluding carboxylic acids is 1. The van der Waals surface area contributed by atoms with Crippen LogP contribution in [0.3, 0.4) is 0 Å². The van der Waals surface area contributed by atoms with Gasteiger partial charge >= 0.3 is 0 Å². The van der Waals surface area contributed by atoms with Gasteiger partial charge in [-0.05, 0) is 25.0 Å². The number of benzene rings is 1. The Balaban J connectivity index is 2.10. The molecule has 1 aromatic carbocycles. The first-order valence-corrected chi connectivity index (χ1v) is 6.09. The van der Waals surface area contributed by atoms with Crippen molar-refractivity contribution in [2.45, 2.75) is 31.7 Å². The van der Waals surface area contributed by atoms with Crippen LogP contribution in [0.25, 0.3) is 0 Å². The summed E-state index contributed by atoms with van der Waals surface area (Å²) in [5.74, 6) is -0.0972. The van der Waals surface area contributed by atoms with Gasteiger partial charge in [-0.3, -0.25) is 4.79 Å². The van der Waals surface area contributed by atoms with Crippen LogP contribution >= 0.6 is 0 Å². The highest BCUT2D eigenvalue weighted by atomic mass is 16.4. The zero-order valence-electron chi connectivity index (χ0n) is 10.1. The average Bonchev–Trinajstić information content (AvgIpc) is 2.90. The molecule has 1 aliphatic carbocycles. The predicted octanol–water partition coefficient (Wildman–Crippen LogP) is 1.45. The fourth-order valence-corrected chi connectivity index (χ4v) is 2.22. The number of nitrogens with one attached hydrogen (secondary N) is 1. The summed E-state index contributed by atoms with van der Waals surface area (Å²) in [7, 11) is 0. The molecule has 0 saturated heterocycles. The summed E-state index contributed by atoms with van der Waals surface area (Å²) < 4.78 is 0. The van der Waals surface area contributed by atoms with Crippen molar-refractivity contribution in [3.05, 3.63) is 35.4 Å². The van der Waals surface area contributed by atoms with E-state index in [-0.39, 0.29) is 17.8 Å². The van der Waals surface area contributed by atoms with Crippen LogP contribution in [-0.4, -0.2) is 23.0 Å². The van der Waals surface area contributed by atoms with Gasteiger partial charge < -0.3 is 16.3 Å². The van der Waals surface area contributed by atoms with Crippen molar-refractivity contribution in [1.82, 2.24) is 5.32 Å². The van der Waals surface area contributed by atoms with E-state index in [4.69, 9.17) is 10.9 Å². The molecule has 18 heavy (non-hydrogen) atoms. The topological polar surface area (TPSA) is 87.7 Å². The number of oxime groups is 1. The fraction of sp³-hybridized carbons (Fsp3) is 0.385. The molecule has 0 atom stereocenters. The zero-order valence-corrected chi connectivity index (χ0v) is 10.1. The highest BCUT2D eigenvalue weighted by molar-refractivity contribution is 6.01. The SMILES string of the molecule is N/C(=N\O)c1cccc(C(=O)NC2CCCC2)c1. The number of carbonyl (C=O) groups is 1. The van der Waals surface area contributed by atoms with E-state index >= 15 is 0 Å². The maximum absolute atomic E-state index is 12.0. The number of amides is 1. The number of nitrogens with two attached hydrogens (primary N) is 1. The molecule has 0 heterocycles. The van der Waals surface area contributed by atoms with Crippen molar-refractivity contribution in [2.75, 3.05) is 0 Å². The van der Waals surface area contributed by atoms with Crippen LogP contribution in [0.5, 0.6) is 0 Å². The molecule has 1 fully saturated rings. The van der Waals surface area contributed by atoms with Gasteiger partial charge in [0, 0.05) is 17.2 Å². The van der Waals surface area contributed by atoms with E-state index < -0.39 is 0 Å². The molecule has 0 bridgehead atoms. The molecule has 2 rings (SSSR count). The lowest BCUT2D eigenvalue weighted by Crippen LogP contribution is -2.32. The average molecular weight is 247 g/mol. The van der Waals surface area contributed by atoms with Crippen molar-refractivity contribution < 1.29 is 10.0 Å². The maximum Gasteiger partial charge on any atom is 0.251 e. The van der Waals surface area contributed by atoms with E-state index in [1.165, 1.54) is 12.8 Å². The molecule has 96 valence electrons. The second-order valence-electron chi connectivity index (χ2n) is 4.52. The Morgan fingerprint density at radius 2 is 2.00 bits per heavy atom. The van der Waals surface area contributed by atoms with Gasteiger partial charge in [0.05, 0.1) is 0 Å². The summed E-state index contributed by atoms with van der Waals surface area (Å²) in [5.41, 5.74) is 6.57. The van der Waals surface area contributed by atoms with Gasteiger partial charge in [0.1, 0.15) is 0 Å². The van der Waals surface area contributed by atoms with Crippen LogP contribution in [0, 0.1) is 0 Å². The molecule has 0 aliphatic heterocycles. The Hall–Kier alpha value is -2.04. The highest BCUT2D eigenvalue weighted by Crippen LogP contribution is 2.18. The highest BCUT2D eigenvalue weighted by Gasteiger charge is 2.18. The van der Waals surface area contributed by atoms with E-state index in [2.05, 4.69) is 10.5 Å². The Morgan fingerprint density at radius 1 is 1.33 bits per heavy atom. The monoisotopic (exact) mass is 247 g/mol.